The van der Waals surface area contributed by atoms with Crippen LogP contribution in [0.3, 0.4) is 0 Å². The zero-order valence-corrected chi connectivity index (χ0v) is 21.7. The molecule has 0 unspecified atom stereocenters. The van der Waals surface area contributed by atoms with E-state index in [9.17, 15) is 4.79 Å². The van der Waals surface area contributed by atoms with Crippen molar-refractivity contribution in [1.29, 1.82) is 0 Å². The quantitative estimate of drug-likeness (QED) is 0.440. The van der Waals surface area contributed by atoms with Gasteiger partial charge in [0.2, 0.25) is 0 Å². The maximum atomic E-state index is 11.7. The van der Waals surface area contributed by atoms with Crippen LogP contribution in [0.5, 0.6) is 0 Å². The number of hydrogen-bond acceptors (Lipinski definition) is 7. The lowest BCUT2D eigenvalue weighted by molar-refractivity contribution is -0.144. The molecule has 2 saturated heterocycles. The van der Waals surface area contributed by atoms with Crippen molar-refractivity contribution in [2.75, 3.05) is 46.4 Å². The van der Waals surface area contributed by atoms with Gasteiger partial charge in [-0.2, -0.15) is 0 Å². The molecular weight excluding hydrogens is 428 g/mol. The summed E-state index contributed by atoms with van der Waals surface area (Å²) in [6.07, 6.45) is 14.0. The number of carbonyl (C=O) groups is 1. The molecule has 0 aromatic rings. The fourth-order valence-corrected chi connectivity index (χ4v) is 6.87. The zero-order chi connectivity index (χ0) is 23.8. The monoisotopic (exact) mass is 478 g/mol. The van der Waals surface area contributed by atoms with E-state index in [-0.39, 0.29) is 12.3 Å². The first-order valence-electron chi connectivity index (χ1n) is 14.3. The standard InChI is InChI=1S/C27H50N4O3/c1-3-34-26(32)16-20-12-14-31(15-13-20)19-21-4-8-24(9-5-21)30-27-28-17-23(18-29-27)22-6-10-25(33-2)11-7-22/h20-25,27-30H,3-19H2,1-2H3. The molecule has 0 amide bonds. The van der Waals surface area contributed by atoms with Gasteiger partial charge >= 0.3 is 5.97 Å². The van der Waals surface area contributed by atoms with Crippen molar-refractivity contribution in [3.05, 3.63) is 0 Å². The largest absolute Gasteiger partial charge is 0.466 e. The van der Waals surface area contributed by atoms with Crippen molar-refractivity contribution < 1.29 is 14.3 Å². The number of nitrogens with zero attached hydrogens (tertiary/aromatic N) is 1. The molecule has 7 heteroatoms. The molecular formula is C27H50N4O3. The van der Waals surface area contributed by atoms with Crippen LogP contribution in [0.25, 0.3) is 0 Å². The van der Waals surface area contributed by atoms with Gasteiger partial charge < -0.3 is 14.4 Å². The van der Waals surface area contributed by atoms with Crippen LogP contribution in [0, 0.1) is 23.7 Å². The second-order valence-electron chi connectivity index (χ2n) is 11.4. The van der Waals surface area contributed by atoms with Crippen molar-refractivity contribution in [1.82, 2.24) is 20.9 Å². The summed E-state index contributed by atoms with van der Waals surface area (Å²) in [4.78, 5) is 14.4. The highest BCUT2D eigenvalue weighted by molar-refractivity contribution is 5.69. The normalized spacial score (nSPS) is 36.3. The van der Waals surface area contributed by atoms with Crippen LogP contribution in [0.4, 0.5) is 0 Å². The molecule has 196 valence electrons. The van der Waals surface area contributed by atoms with Gasteiger partial charge in [-0.1, -0.05) is 0 Å². The van der Waals surface area contributed by atoms with E-state index in [1.807, 2.05) is 14.0 Å². The molecule has 34 heavy (non-hydrogen) atoms. The van der Waals surface area contributed by atoms with Crippen LogP contribution in [-0.4, -0.2) is 75.7 Å². The van der Waals surface area contributed by atoms with E-state index < -0.39 is 0 Å². The Labute approximate surface area is 207 Å². The number of rotatable bonds is 9. The van der Waals surface area contributed by atoms with Gasteiger partial charge in [0, 0.05) is 39.2 Å². The Balaban J connectivity index is 1.06. The van der Waals surface area contributed by atoms with Gasteiger partial charge in [-0.25, -0.2) is 0 Å². The minimum Gasteiger partial charge on any atom is -0.466 e. The lowest BCUT2D eigenvalue weighted by atomic mass is 9.78. The van der Waals surface area contributed by atoms with Gasteiger partial charge in [0.25, 0.3) is 0 Å². The van der Waals surface area contributed by atoms with E-state index in [1.165, 1.54) is 57.9 Å². The van der Waals surface area contributed by atoms with Gasteiger partial charge in [0.05, 0.1) is 12.7 Å². The van der Waals surface area contributed by atoms with E-state index in [0.29, 0.717) is 31.1 Å². The Kier molecular flexibility index (Phi) is 10.5. The highest BCUT2D eigenvalue weighted by Crippen LogP contribution is 2.32. The zero-order valence-electron chi connectivity index (χ0n) is 21.7. The number of likely N-dealkylation sites (tertiary alicyclic amines) is 1. The maximum Gasteiger partial charge on any atom is 0.306 e. The number of carbonyl (C=O) groups excluding carboxylic acids is 1. The number of hydrogen-bond donors (Lipinski definition) is 3. The Morgan fingerprint density at radius 2 is 1.56 bits per heavy atom. The fraction of sp³-hybridized carbons (Fsp3) is 0.963. The highest BCUT2D eigenvalue weighted by atomic mass is 16.5. The molecule has 0 spiro atoms. The lowest BCUT2D eigenvalue weighted by Crippen LogP contribution is -2.63. The van der Waals surface area contributed by atoms with Gasteiger partial charge in [0.1, 0.15) is 6.29 Å². The van der Waals surface area contributed by atoms with Crippen LogP contribution in [-0.2, 0) is 14.3 Å². The Morgan fingerprint density at radius 3 is 2.18 bits per heavy atom. The molecule has 2 saturated carbocycles. The van der Waals surface area contributed by atoms with Gasteiger partial charge in [-0.15, -0.1) is 0 Å². The van der Waals surface area contributed by atoms with E-state index in [4.69, 9.17) is 9.47 Å². The van der Waals surface area contributed by atoms with Crippen molar-refractivity contribution in [2.45, 2.75) is 96.0 Å². The molecule has 0 atom stereocenters. The maximum absolute atomic E-state index is 11.7. The first-order chi connectivity index (χ1) is 16.6. The van der Waals surface area contributed by atoms with Gasteiger partial charge in [-0.3, -0.25) is 20.7 Å². The summed E-state index contributed by atoms with van der Waals surface area (Å²) in [6, 6.07) is 0.630. The summed E-state index contributed by atoms with van der Waals surface area (Å²) in [5.74, 6) is 2.94. The van der Waals surface area contributed by atoms with Gasteiger partial charge in [0.15, 0.2) is 0 Å². The summed E-state index contributed by atoms with van der Waals surface area (Å²) in [6.45, 7) is 8.18. The number of nitrogens with one attached hydrogen (secondary N) is 3. The second-order valence-corrected chi connectivity index (χ2v) is 11.4. The molecule has 4 rings (SSSR count). The number of esters is 1. The summed E-state index contributed by atoms with van der Waals surface area (Å²) in [7, 11) is 1.86. The topological polar surface area (TPSA) is 74.9 Å². The molecule has 2 aliphatic carbocycles. The van der Waals surface area contributed by atoms with E-state index in [0.717, 1.165) is 56.8 Å². The summed E-state index contributed by atoms with van der Waals surface area (Å²) in [5, 5.41) is 11.3. The average Bonchev–Trinajstić information content (AvgIpc) is 2.87. The molecule has 3 N–H and O–H groups in total. The van der Waals surface area contributed by atoms with Crippen LogP contribution in [0.15, 0.2) is 0 Å². The Bertz CT molecular complexity index is 589. The van der Waals surface area contributed by atoms with E-state index >= 15 is 0 Å². The predicted molar refractivity (Wildman–Crippen MR) is 135 cm³/mol. The second kappa shape index (κ2) is 13.5. The van der Waals surface area contributed by atoms with Crippen molar-refractivity contribution in [3.63, 3.8) is 0 Å². The van der Waals surface area contributed by atoms with E-state index in [2.05, 4.69) is 20.9 Å². The highest BCUT2D eigenvalue weighted by Gasteiger charge is 2.32. The Hall–Kier alpha value is -0.730. The predicted octanol–water partition coefficient (Wildman–Crippen LogP) is 3.10. The molecule has 4 fully saturated rings. The van der Waals surface area contributed by atoms with E-state index in [1.54, 1.807) is 0 Å². The Morgan fingerprint density at radius 1 is 0.882 bits per heavy atom. The minimum absolute atomic E-state index is 0.0153. The number of piperidine rings is 1. The lowest BCUT2D eigenvalue weighted by Gasteiger charge is -2.41. The third-order valence-corrected chi connectivity index (χ3v) is 9.12. The van der Waals surface area contributed by atoms with Crippen molar-refractivity contribution in [2.24, 2.45) is 23.7 Å². The smallest absolute Gasteiger partial charge is 0.306 e. The summed E-state index contributed by atoms with van der Waals surface area (Å²) < 4.78 is 10.7. The molecule has 0 aromatic heterocycles. The number of ether oxygens (including phenoxy) is 2. The first kappa shape index (κ1) is 26.3. The fourth-order valence-electron chi connectivity index (χ4n) is 6.87. The molecule has 7 nitrogen and oxygen atoms in total. The summed E-state index contributed by atoms with van der Waals surface area (Å²) >= 11 is 0. The third-order valence-electron chi connectivity index (χ3n) is 9.12. The molecule has 0 bridgehead atoms. The molecule has 2 aliphatic heterocycles. The molecule has 0 aromatic carbocycles. The molecule has 4 aliphatic rings. The van der Waals surface area contributed by atoms with Crippen molar-refractivity contribution in [3.8, 4) is 0 Å². The SMILES string of the molecule is CCOC(=O)CC1CCN(CC2CCC(NC3NCC(C4CCC(OC)CC4)CN3)CC2)CC1. The first-order valence-corrected chi connectivity index (χ1v) is 14.3. The summed E-state index contributed by atoms with van der Waals surface area (Å²) in [5.41, 5.74) is 0. The van der Waals surface area contributed by atoms with Gasteiger partial charge in [-0.05, 0) is 108 Å². The minimum atomic E-state index is -0.0153. The van der Waals surface area contributed by atoms with Crippen LogP contribution < -0.4 is 16.0 Å². The van der Waals surface area contributed by atoms with Crippen LogP contribution >= 0.6 is 0 Å². The number of methoxy groups -OCH3 is 1. The van der Waals surface area contributed by atoms with Crippen molar-refractivity contribution >= 4 is 5.97 Å². The third kappa shape index (κ3) is 7.89. The van der Waals surface area contributed by atoms with Crippen LogP contribution in [0.1, 0.15) is 77.6 Å². The average molecular weight is 479 g/mol. The molecule has 0 radical (unpaired) electrons. The van der Waals surface area contributed by atoms with Crippen LogP contribution in [0.2, 0.25) is 0 Å². The molecule has 2 heterocycles.